The van der Waals surface area contributed by atoms with E-state index in [2.05, 4.69) is 5.32 Å². The van der Waals surface area contributed by atoms with Crippen molar-refractivity contribution < 1.29 is 9.53 Å². The largest absolute Gasteiger partial charge is 0.445 e. The predicted octanol–water partition coefficient (Wildman–Crippen LogP) is 2.32. The molecule has 3 nitrogen and oxygen atoms in total. The molecule has 76 valence electrons. The topological polar surface area (TPSA) is 38.3 Å². The van der Waals surface area contributed by atoms with Crippen LogP contribution in [-0.2, 0) is 11.3 Å². The van der Waals surface area contributed by atoms with Gasteiger partial charge >= 0.3 is 6.09 Å². The summed E-state index contributed by atoms with van der Waals surface area (Å²) in [4.78, 5) is 11.0. The summed E-state index contributed by atoms with van der Waals surface area (Å²) in [5, 5.41) is 2.64. The number of ether oxygens (including phenoxy) is 1. The Morgan fingerprint density at radius 1 is 1.36 bits per heavy atom. The molecule has 0 atom stereocenters. The van der Waals surface area contributed by atoms with Gasteiger partial charge in [0.05, 0.1) is 0 Å². The molecule has 1 N–H and O–H groups in total. The highest BCUT2D eigenvalue weighted by Crippen LogP contribution is 2.00. The summed E-state index contributed by atoms with van der Waals surface area (Å²) in [7, 11) is 0. The minimum Gasteiger partial charge on any atom is -0.445 e. The van der Waals surface area contributed by atoms with Crippen LogP contribution in [-0.4, -0.2) is 12.6 Å². The summed E-state index contributed by atoms with van der Waals surface area (Å²) >= 11 is 0. The van der Waals surface area contributed by atoms with E-state index in [1.807, 2.05) is 37.3 Å². The van der Waals surface area contributed by atoms with Crippen LogP contribution in [0.3, 0.4) is 0 Å². The number of nitrogens with one attached hydrogen (secondary N) is 1. The van der Waals surface area contributed by atoms with E-state index in [1.165, 1.54) is 0 Å². The van der Waals surface area contributed by atoms with E-state index < -0.39 is 0 Å². The van der Waals surface area contributed by atoms with Crippen molar-refractivity contribution >= 4 is 6.09 Å². The third kappa shape index (κ3) is 3.94. The Labute approximate surface area is 84.1 Å². The number of hydrogen-bond acceptors (Lipinski definition) is 2. The van der Waals surface area contributed by atoms with Crippen LogP contribution in [0.15, 0.2) is 30.3 Å². The van der Waals surface area contributed by atoms with Crippen molar-refractivity contribution in [2.24, 2.45) is 0 Å². The van der Waals surface area contributed by atoms with Gasteiger partial charge in [-0.3, -0.25) is 0 Å². The molecular formula is C11H15NO2. The smallest absolute Gasteiger partial charge is 0.407 e. The molecule has 0 spiro atoms. The molecule has 0 saturated carbocycles. The van der Waals surface area contributed by atoms with Gasteiger partial charge in [0, 0.05) is 6.54 Å². The lowest BCUT2D eigenvalue weighted by Gasteiger charge is -2.05. The molecule has 1 amide bonds. The summed E-state index contributed by atoms with van der Waals surface area (Å²) < 4.78 is 4.98. The van der Waals surface area contributed by atoms with Gasteiger partial charge in [0.15, 0.2) is 0 Å². The van der Waals surface area contributed by atoms with Gasteiger partial charge in [0.25, 0.3) is 0 Å². The lowest BCUT2D eigenvalue weighted by atomic mass is 10.2. The highest BCUT2D eigenvalue weighted by Gasteiger charge is 1.99. The maximum Gasteiger partial charge on any atom is 0.407 e. The molecule has 0 heterocycles. The molecule has 0 radical (unpaired) electrons. The van der Waals surface area contributed by atoms with Crippen molar-refractivity contribution in [2.45, 2.75) is 20.0 Å². The first kappa shape index (κ1) is 10.6. The second-order valence-electron chi connectivity index (χ2n) is 2.99. The number of carbonyl (C=O) groups is 1. The Bertz CT molecular complexity index is 272. The molecule has 0 aliphatic rings. The molecule has 0 unspecified atom stereocenters. The van der Waals surface area contributed by atoms with E-state index >= 15 is 0 Å². The molecule has 0 bridgehead atoms. The Balaban J connectivity index is 2.24. The van der Waals surface area contributed by atoms with Crippen LogP contribution in [0.1, 0.15) is 18.9 Å². The van der Waals surface area contributed by atoms with E-state index in [1.54, 1.807) is 0 Å². The second kappa shape index (κ2) is 6.02. The third-order valence-corrected chi connectivity index (χ3v) is 1.73. The van der Waals surface area contributed by atoms with Crippen LogP contribution in [0, 0.1) is 0 Å². The van der Waals surface area contributed by atoms with Gasteiger partial charge in [-0.15, -0.1) is 0 Å². The predicted molar refractivity (Wildman–Crippen MR) is 54.9 cm³/mol. The molecule has 3 heteroatoms. The standard InChI is InChI=1S/C11H15NO2/c1-2-8-12-11(13)14-9-10-6-4-3-5-7-10/h3-7H,2,8-9H2,1H3,(H,12,13). The third-order valence-electron chi connectivity index (χ3n) is 1.73. The number of hydrogen-bond donors (Lipinski definition) is 1. The first-order valence-corrected chi connectivity index (χ1v) is 4.77. The van der Waals surface area contributed by atoms with Gasteiger partial charge in [0.2, 0.25) is 0 Å². The Kier molecular flexibility index (Phi) is 4.55. The van der Waals surface area contributed by atoms with Gasteiger partial charge in [-0.1, -0.05) is 37.3 Å². The number of rotatable bonds is 4. The molecule has 0 aliphatic carbocycles. The SMILES string of the molecule is CCCNC(=O)OCc1ccccc1. The Hall–Kier alpha value is -1.51. The lowest BCUT2D eigenvalue weighted by Crippen LogP contribution is -2.24. The number of benzene rings is 1. The van der Waals surface area contributed by atoms with E-state index in [0.29, 0.717) is 13.2 Å². The summed E-state index contributed by atoms with van der Waals surface area (Å²) in [5.41, 5.74) is 0.999. The fourth-order valence-corrected chi connectivity index (χ4v) is 1.00. The van der Waals surface area contributed by atoms with Gasteiger partial charge in [-0.2, -0.15) is 0 Å². The van der Waals surface area contributed by atoms with Crippen molar-refractivity contribution in [2.75, 3.05) is 6.54 Å². The van der Waals surface area contributed by atoms with Crippen molar-refractivity contribution in [1.29, 1.82) is 0 Å². The molecule has 0 saturated heterocycles. The minimum absolute atomic E-state index is 0.330. The van der Waals surface area contributed by atoms with Crippen molar-refractivity contribution in [1.82, 2.24) is 5.32 Å². The molecule has 0 aliphatic heterocycles. The van der Waals surface area contributed by atoms with E-state index in [-0.39, 0.29) is 6.09 Å². The Morgan fingerprint density at radius 3 is 2.71 bits per heavy atom. The molecule has 0 aromatic heterocycles. The zero-order valence-electron chi connectivity index (χ0n) is 8.32. The molecular weight excluding hydrogens is 178 g/mol. The van der Waals surface area contributed by atoms with Crippen LogP contribution in [0.25, 0.3) is 0 Å². The summed E-state index contributed by atoms with van der Waals surface area (Å²) in [6.45, 7) is 2.99. The molecule has 0 fully saturated rings. The highest BCUT2D eigenvalue weighted by atomic mass is 16.5. The average Bonchev–Trinajstić information content (AvgIpc) is 2.25. The number of carbonyl (C=O) groups excluding carboxylic acids is 1. The van der Waals surface area contributed by atoms with Crippen LogP contribution < -0.4 is 5.32 Å². The zero-order valence-corrected chi connectivity index (χ0v) is 8.32. The maximum absolute atomic E-state index is 11.0. The van der Waals surface area contributed by atoms with Crippen LogP contribution in [0.5, 0.6) is 0 Å². The van der Waals surface area contributed by atoms with E-state index in [9.17, 15) is 4.79 Å². The van der Waals surface area contributed by atoms with E-state index in [0.717, 1.165) is 12.0 Å². The number of alkyl carbamates (subject to hydrolysis) is 1. The summed E-state index contributed by atoms with van der Waals surface area (Å²) in [6, 6.07) is 9.62. The fourth-order valence-electron chi connectivity index (χ4n) is 1.00. The maximum atomic E-state index is 11.0. The Morgan fingerprint density at radius 2 is 2.07 bits per heavy atom. The fraction of sp³-hybridized carbons (Fsp3) is 0.364. The van der Waals surface area contributed by atoms with Gasteiger partial charge < -0.3 is 10.1 Å². The van der Waals surface area contributed by atoms with Crippen molar-refractivity contribution in [3.8, 4) is 0 Å². The normalized spacial score (nSPS) is 9.50. The number of amides is 1. The quantitative estimate of drug-likeness (QED) is 0.797. The molecule has 14 heavy (non-hydrogen) atoms. The average molecular weight is 193 g/mol. The van der Waals surface area contributed by atoms with Crippen molar-refractivity contribution in [3.63, 3.8) is 0 Å². The first-order valence-electron chi connectivity index (χ1n) is 4.77. The minimum atomic E-state index is -0.351. The lowest BCUT2D eigenvalue weighted by molar-refractivity contribution is 0.139. The van der Waals surface area contributed by atoms with Crippen LogP contribution >= 0.6 is 0 Å². The van der Waals surface area contributed by atoms with Gasteiger partial charge in [-0.05, 0) is 12.0 Å². The van der Waals surface area contributed by atoms with Crippen LogP contribution in [0.4, 0.5) is 4.79 Å². The highest BCUT2D eigenvalue weighted by molar-refractivity contribution is 5.67. The molecule has 1 aromatic carbocycles. The molecule has 1 aromatic rings. The van der Waals surface area contributed by atoms with Crippen molar-refractivity contribution in [3.05, 3.63) is 35.9 Å². The van der Waals surface area contributed by atoms with Gasteiger partial charge in [0.1, 0.15) is 6.61 Å². The molecule has 1 rings (SSSR count). The monoisotopic (exact) mass is 193 g/mol. The van der Waals surface area contributed by atoms with Crippen LogP contribution in [0.2, 0.25) is 0 Å². The van der Waals surface area contributed by atoms with Gasteiger partial charge in [-0.25, -0.2) is 4.79 Å². The second-order valence-corrected chi connectivity index (χ2v) is 2.99. The zero-order chi connectivity index (χ0) is 10.2. The van der Waals surface area contributed by atoms with E-state index in [4.69, 9.17) is 4.74 Å². The first-order chi connectivity index (χ1) is 6.83. The summed E-state index contributed by atoms with van der Waals surface area (Å²) in [6.07, 6.45) is 0.566. The summed E-state index contributed by atoms with van der Waals surface area (Å²) in [5.74, 6) is 0.